The highest BCUT2D eigenvalue weighted by molar-refractivity contribution is 7.26. The fourth-order valence-corrected chi connectivity index (χ4v) is 14.1. The molecule has 3 nitrogen and oxygen atoms in total. The van der Waals surface area contributed by atoms with E-state index in [9.17, 15) is 0 Å². The highest BCUT2D eigenvalue weighted by Gasteiger charge is 2.45. The quantitative estimate of drug-likeness (QED) is 0.141. The number of benzene rings is 11. The Kier molecular flexibility index (Phi) is 10.2. The van der Waals surface area contributed by atoms with Gasteiger partial charge in [-0.1, -0.05) is 210 Å². The van der Waals surface area contributed by atoms with Gasteiger partial charge in [-0.05, 0) is 123 Å². The highest BCUT2D eigenvalue weighted by atomic mass is 32.1. The third-order valence-corrected chi connectivity index (χ3v) is 18.3. The summed E-state index contributed by atoms with van der Waals surface area (Å²) >= 11 is 1.90. The molecule has 2 aliphatic rings. The van der Waals surface area contributed by atoms with Crippen LogP contribution in [0, 0.1) is 0 Å². The van der Waals surface area contributed by atoms with Crippen molar-refractivity contribution in [3.8, 4) is 16.8 Å². The molecule has 4 heterocycles. The first-order valence-corrected chi connectivity index (χ1v) is 27.8. The Morgan fingerprint density at radius 3 is 1.42 bits per heavy atom. The van der Waals surface area contributed by atoms with Crippen molar-refractivity contribution in [1.82, 2.24) is 4.57 Å². The summed E-state index contributed by atoms with van der Waals surface area (Å²) in [7, 11) is 0. The minimum atomic E-state index is -0.269. The zero-order valence-corrected chi connectivity index (χ0v) is 44.4. The van der Waals surface area contributed by atoms with Gasteiger partial charge in [0.2, 0.25) is 0 Å². The average Bonchev–Trinajstić information content (AvgIpc) is 4.21. The second-order valence-corrected chi connectivity index (χ2v) is 23.2. The Morgan fingerprint density at radius 2 is 0.792 bits per heavy atom. The van der Waals surface area contributed by atoms with Crippen LogP contribution in [0.5, 0.6) is 0 Å². The number of anilines is 6. The summed E-state index contributed by atoms with van der Waals surface area (Å²) in [6.07, 6.45) is 0. The smallest absolute Gasteiger partial charge is 0.252 e. The Hall–Kier alpha value is -8.90. The van der Waals surface area contributed by atoms with Gasteiger partial charge in [0.25, 0.3) is 6.71 Å². The third-order valence-electron chi connectivity index (χ3n) is 17.2. The molecule has 0 bridgehead atoms. The van der Waals surface area contributed by atoms with E-state index >= 15 is 0 Å². The second-order valence-electron chi connectivity index (χ2n) is 22.1. The minimum Gasteiger partial charge on any atom is -0.311 e. The maximum atomic E-state index is 2.59. The average molecular weight is 1000 g/mol. The first-order chi connectivity index (χ1) is 37.7. The van der Waals surface area contributed by atoms with Gasteiger partial charge in [0.05, 0.1) is 16.7 Å². The van der Waals surface area contributed by atoms with E-state index in [0.717, 1.165) is 17.1 Å². The van der Waals surface area contributed by atoms with Gasteiger partial charge >= 0.3 is 0 Å². The lowest BCUT2D eigenvalue weighted by Crippen LogP contribution is -2.61. The van der Waals surface area contributed by atoms with Crippen LogP contribution in [0.15, 0.2) is 255 Å². The van der Waals surface area contributed by atoms with E-state index in [1.807, 2.05) is 11.3 Å². The molecule has 0 radical (unpaired) electrons. The predicted octanol–water partition coefficient (Wildman–Crippen LogP) is 17.6. The van der Waals surface area contributed by atoms with Gasteiger partial charge in [0, 0.05) is 75.9 Å². The van der Waals surface area contributed by atoms with E-state index in [4.69, 9.17) is 0 Å². The molecular formula is C72H54BN3S. The molecule has 366 valence electrons. The molecule has 77 heavy (non-hydrogen) atoms. The number of para-hydroxylation sites is 2. The summed E-state index contributed by atoms with van der Waals surface area (Å²) in [5, 5.41) is 5.06. The van der Waals surface area contributed by atoms with Crippen molar-refractivity contribution in [2.24, 2.45) is 0 Å². The lowest BCUT2D eigenvalue weighted by atomic mass is 9.33. The SMILES string of the molecule is CC(C)(c1ccccc1)c1ccc(N2c3ccc(C(C)(C)c4ccccc4)cc3B3c4cc5sc6ccccc6c5cc4N(c4ccc(-c5ccccc5)cc4)c4cc(-n5c6ccccc6c6ccccc65)cc2c43)cc1. The second kappa shape index (κ2) is 17.3. The molecule has 0 aliphatic carbocycles. The summed E-state index contributed by atoms with van der Waals surface area (Å²) in [5.74, 6) is 0. The fraction of sp³-hybridized carbons (Fsp3) is 0.0833. The van der Waals surface area contributed by atoms with Crippen LogP contribution in [-0.4, -0.2) is 11.3 Å². The lowest BCUT2D eigenvalue weighted by molar-refractivity contribution is 0.641. The van der Waals surface area contributed by atoms with E-state index in [1.165, 1.54) is 114 Å². The lowest BCUT2D eigenvalue weighted by Gasteiger charge is -2.45. The maximum absolute atomic E-state index is 2.59. The van der Waals surface area contributed by atoms with E-state index in [0.29, 0.717) is 0 Å². The summed E-state index contributed by atoms with van der Waals surface area (Å²) in [6, 6.07) is 95.6. The van der Waals surface area contributed by atoms with Crippen LogP contribution in [0.2, 0.25) is 0 Å². The number of rotatable bonds is 8. The highest BCUT2D eigenvalue weighted by Crippen LogP contribution is 2.49. The molecule has 2 aliphatic heterocycles. The van der Waals surface area contributed by atoms with Gasteiger partial charge in [-0.2, -0.15) is 0 Å². The van der Waals surface area contributed by atoms with Crippen LogP contribution in [0.1, 0.15) is 49.9 Å². The van der Waals surface area contributed by atoms with Crippen molar-refractivity contribution in [2.45, 2.75) is 38.5 Å². The van der Waals surface area contributed by atoms with Crippen LogP contribution in [0.25, 0.3) is 58.8 Å². The largest absolute Gasteiger partial charge is 0.311 e. The van der Waals surface area contributed by atoms with E-state index in [-0.39, 0.29) is 17.5 Å². The van der Waals surface area contributed by atoms with Crippen molar-refractivity contribution in [2.75, 3.05) is 9.80 Å². The number of nitrogens with zero attached hydrogens (tertiary/aromatic N) is 3. The van der Waals surface area contributed by atoms with Gasteiger partial charge in [-0.3, -0.25) is 0 Å². The number of hydrogen-bond donors (Lipinski definition) is 0. The fourth-order valence-electron chi connectivity index (χ4n) is 13.0. The van der Waals surface area contributed by atoms with E-state index in [1.54, 1.807) is 0 Å². The van der Waals surface area contributed by atoms with Crippen LogP contribution < -0.4 is 26.2 Å². The van der Waals surface area contributed by atoms with E-state index in [2.05, 4.69) is 297 Å². The molecule has 0 amide bonds. The van der Waals surface area contributed by atoms with E-state index < -0.39 is 0 Å². The van der Waals surface area contributed by atoms with Crippen molar-refractivity contribution < 1.29 is 0 Å². The van der Waals surface area contributed by atoms with Gasteiger partial charge < -0.3 is 14.4 Å². The molecule has 11 aromatic carbocycles. The van der Waals surface area contributed by atoms with Crippen molar-refractivity contribution in [1.29, 1.82) is 0 Å². The topological polar surface area (TPSA) is 11.4 Å². The zero-order chi connectivity index (χ0) is 51.6. The molecule has 0 saturated heterocycles. The Morgan fingerprint density at radius 1 is 0.325 bits per heavy atom. The molecule has 15 rings (SSSR count). The van der Waals surface area contributed by atoms with Gasteiger partial charge in [0.1, 0.15) is 0 Å². The van der Waals surface area contributed by atoms with Crippen molar-refractivity contribution in [3.63, 3.8) is 0 Å². The van der Waals surface area contributed by atoms with Gasteiger partial charge in [-0.25, -0.2) is 0 Å². The van der Waals surface area contributed by atoms with Gasteiger partial charge in [-0.15, -0.1) is 11.3 Å². The molecule has 2 aromatic heterocycles. The summed E-state index contributed by atoms with van der Waals surface area (Å²) in [4.78, 5) is 5.18. The first-order valence-electron chi connectivity index (χ1n) is 26.9. The third kappa shape index (κ3) is 7.03. The molecule has 0 saturated carbocycles. The first kappa shape index (κ1) is 45.5. The Bertz CT molecular complexity index is 4390. The van der Waals surface area contributed by atoms with Gasteiger partial charge in [0.15, 0.2) is 0 Å². The summed E-state index contributed by atoms with van der Waals surface area (Å²) < 4.78 is 5.11. The Balaban J connectivity index is 1.06. The molecule has 0 N–H and O–H groups in total. The predicted molar refractivity (Wildman–Crippen MR) is 330 cm³/mol. The number of aromatic nitrogens is 1. The van der Waals surface area contributed by atoms with Crippen LogP contribution in [0.4, 0.5) is 34.1 Å². The molecule has 13 aromatic rings. The maximum Gasteiger partial charge on any atom is 0.252 e. The molecule has 0 fully saturated rings. The number of fused-ring (bicyclic) bond motifs is 10. The van der Waals surface area contributed by atoms with Crippen LogP contribution >= 0.6 is 11.3 Å². The minimum absolute atomic E-state index is 0.0919. The number of hydrogen-bond acceptors (Lipinski definition) is 3. The Labute approximate surface area is 454 Å². The summed E-state index contributed by atoms with van der Waals surface area (Å²) in [5.41, 5.74) is 21.5. The van der Waals surface area contributed by atoms with Crippen molar-refractivity contribution >= 4 is 111 Å². The molecule has 0 spiro atoms. The standard InChI is InChI=1S/C72H54BN3S/c1-71(2,49-22-10-6-11-23-49)51-34-39-54(40-35-51)74-64-41-36-52(72(3,4)50-24-12-7-13-25-50)42-60(64)73-61-46-69-59(58-28-16-19-31-68(58)77-69)45-65(61)75(53-37-32-48(33-38-53)47-20-8-5-9-21-47)67-44-55(43-66(74)70(67)73)76-62-29-17-14-26-56(62)57-27-15-18-30-63(57)76/h5-46H,1-4H3. The molecule has 5 heteroatoms. The van der Waals surface area contributed by atoms with Crippen LogP contribution in [-0.2, 0) is 10.8 Å². The van der Waals surface area contributed by atoms with Crippen LogP contribution in [0.3, 0.4) is 0 Å². The molecule has 0 atom stereocenters. The van der Waals surface area contributed by atoms with Crippen molar-refractivity contribution in [3.05, 3.63) is 277 Å². The molecule has 0 unspecified atom stereocenters. The normalized spacial score (nSPS) is 13.1. The zero-order valence-electron chi connectivity index (χ0n) is 43.6. The monoisotopic (exact) mass is 1000 g/mol. The summed E-state index contributed by atoms with van der Waals surface area (Å²) in [6.45, 7) is 9.35. The number of thiophene rings is 1. The molecular weight excluding hydrogens is 950 g/mol.